The van der Waals surface area contributed by atoms with Crippen LogP contribution >= 0.6 is 0 Å². The van der Waals surface area contributed by atoms with Crippen LogP contribution in [-0.4, -0.2) is 127 Å². The van der Waals surface area contributed by atoms with E-state index < -0.39 is 74.5 Å². The van der Waals surface area contributed by atoms with Crippen LogP contribution in [0, 0.1) is 0 Å². The minimum Gasteiger partial charge on any atom is -0.394 e. The van der Waals surface area contributed by atoms with Crippen LogP contribution in [-0.2, 0) is 19.1 Å². The van der Waals surface area contributed by atoms with E-state index in [4.69, 9.17) is 9.47 Å². The van der Waals surface area contributed by atoms with Gasteiger partial charge in [-0.2, -0.15) is 0 Å². The Kier molecular flexibility index (Phi) is 16.5. The molecule has 2 amide bonds. The highest BCUT2D eigenvalue weighted by atomic mass is 16.6. The summed E-state index contributed by atoms with van der Waals surface area (Å²) in [5.74, 6) is -0.665. The summed E-state index contributed by atoms with van der Waals surface area (Å²) < 4.78 is 10.6. The van der Waals surface area contributed by atoms with E-state index in [1.165, 1.54) is 0 Å². The van der Waals surface area contributed by atoms with Gasteiger partial charge in [0, 0.05) is 12.8 Å². The fourth-order valence-electron chi connectivity index (χ4n) is 5.07. The van der Waals surface area contributed by atoms with Gasteiger partial charge in [-0.1, -0.05) is 57.8 Å². The van der Waals surface area contributed by atoms with Crippen molar-refractivity contribution >= 4 is 11.8 Å². The number of amides is 2. The van der Waals surface area contributed by atoms with Crippen molar-refractivity contribution in [2.75, 3.05) is 13.2 Å². The molecule has 2 fully saturated rings. The number of rotatable bonds is 18. The highest BCUT2D eigenvalue weighted by Gasteiger charge is 2.45. The van der Waals surface area contributed by atoms with Crippen LogP contribution in [0.1, 0.15) is 83.5 Å². The standard InChI is InChI=1S/C27H50N2O12/c30-14-16-20(34)22(36)24(38)26(40-16)28-18(32)12-10-8-6-4-2-1-3-5-7-9-11-13-19(33)29-27-25(39)23(37)21(35)17(15-31)41-27/h16-17,20-27,30-31,34-39H,1-15H2,(H,28,32)(H,29,33)/t16-,17-,20-,21-,22+,23+,24-,25-,26-,27-/m1/s1. The molecule has 14 nitrogen and oxygen atoms in total. The Bertz CT molecular complexity index is 698. The van der Waals surface area contributed by atoms with Crippen molar-refractivity contribution in [2.45, 2.75) is 145 Å². The number of aliphatic hydroxyl groups excluding tert-OH is 8. The lowest BCUT2D eigenvalue weighted by atomic mass is 9.98. The second kappa shape index (κ2) is 18.9. The third-order valence-corrected chi connectivity index (χ3v) is 7.70. The third-order valence-electron chi connectivity index (χ3n) is 7.70. The molecule has 0 radical (unpaired) electrons. The van der Waals surface area contributed by atoms with Gasteiger partial charge in [0.1, 0.15) is 48.8 Å². The largest absolute Gasteiger partial charge is 0.394 e. The van der Waals surface area contributed by atoms with Gasteiger partial charge in [0.25, 0.3) is 0 Å². The first kappa shape index (κ1) is 35.7. The summed E-state index contributed by atoms with van der Waals surface area (Å²) in [6, 6.07) is 0. The van der Waals surface area contributed by atoms with Crippen LogP contribution in [0.25, 0.3) is 0 Å². The first-order valence-corrected chi connectivity index (χ1v) is 14.8. The van der Waals surface area contributed by atoms with Crippen molar-refractivity contribution in [1.82, 2.24) is 10.6 Å². The van der Waals surface area contributed by atoms with E-state index in [1.807, 2.05) is 0 Å². The zero-order valence-electron chi connectivity index (χ0n) is 23.6. The molecular weight excluding hydrogens is 544 g/mol. The molecule has 0 aromatic rings. The van der Waals surface area contributed by atoms with Crippen LogP contribution in [0.2, 0.25) is 0 Å². The smallest absolute Gasteiger partial charge is 0.222 e. The lowest BCUT2D eigenvalue weighted by Crippen LogP contribution is -2.63. The van der Waals surface area contributed by atoms with Crippen LogP contribution in [0.15, 0.2) is 0 Å². The number of carbonyl (C=O) groups is 2. The van der Waals surface area contributed by atoms with E-state index in [0.29, 0.717) is 12.8 Å². The maximum Gasteiger partial charge on any atom is 0.222 e. The van der Waals surface area contributed by atoms with Gasteiger partial charge in [0.2, 0.25) is 11.8 Å². The average Bonchev–Trinajstić information content (AvgIpc) is 2.96. The molecule has 10 atom stereocenters. The summed E-state index contributed by atoms with van der Waals surface area (Å²) in [6.45, 7) is -1.10. The molecule has 2 saturated heterocycles. The van der Waals surface area contributed by atoms with Crippen molar-refractivity contribution in [3.63, 3.8) is 0 Å². The molecule has 2 heterocycles. The van der Waals surface area contributed by atoms with Crippen LogP contribution in [0.3, 0.4) is 0 Å². The molecular formula is C27H50N2O12. The van der Waals surface area contributed by atoms with Crippen LogP contribution < -0.4 is 10.6 Å². The molecule has 2 rings (SSSR count). The predicted octanol–water partition coefficient (Wildman–Crippen LogP) is -2.11. The number of hydrogen-bond acceptors (Lipinski definition) is 12. The lowest BCUT2D eigenvalue weighted by Gasteiger charge is -2.40. The van der Waals surface area contributed by atoms with E-state index in [2.05, 4.69) is 10.6 Å². The molecule has 0 unspecified atom stereocenters. The normalized spacial score (nSPS) is 33.9. The number of aliphatic hydroxyl groups is 8. The van der Waals surface area contributed by atoms with Crippen molar-refractivity contribution in [3.05, 3.63) is 0 Å². The molecule has 0 bridgehead atoms. The molecule has 14 heteroatoms. The van der Waals surface area contributed by atoms with Gasteiger partial charge < -0.3 is 61.0 Å². The Morgan fingerprint density at radius 3 is 1.05 bits per heavy atom. The van der Waals surface area contributed by atoms with E-state index >= 15 is 0 Å². The summed E-state index contributed by atoms with van der Waals surface area (Å²) in [5.41, 5.74) is 0. The van der Waals surface area contributed by atoms with Gasteiger partial charge in [0.15, 0.2) is 12.5 Å². The second-order valence-electron chi connectivity index (χ2n) is 11.0. The molecule has 10 N–H and O–H groups in total. The zero-order valence-corrected chi connectivity index (χ0v) is 23.6. The molecule has 0 saturated carbocycles. The van der Waals surface area contributed by atoms with Gasteiger partial charge in [-0.05, 0) is 12.8 Å². The number of nitrogens with one attached hydrogen (secondary N) is 2. The Labute approximate surface area is 240 Å². The first-order chi connectivity index (χ1) is 19.6. The molecule has 0 aliphatic carbocycles. The summed E-state index contributed by atoms with van der Waals surface area (Å²) >= 11 is 0. The van der Waals surface area contributed by atoms with Gasteiger partial charge in [0.05, 0.1) is 13.2 Å². The Balaban J connectivity index is 1.41. The van der Waals surface area contributed by atoms with Crippen molar-refractivity contribution in [3.8, 4) is 0 Å². The van der Waals surface area contributed by atoms with E-state index in [-0.39, 0.29) is 24.7 Å². The molecule has 2 aliphatic heterocycles. The fraction of sp³-hybridized carbons (Fsp3) is 0.926. The Morgan fingerprint density at radius 1 is 0.463 bits per heavy atom. The second-order valence-corrected chi connectivity index (χ2v) is 11.0. The Morgan fingerprint density at radius 2 is 0.756 bits per heavy atom. The summed E-state index contributed by atoms with van der Waals surface area (Å²) in [5, 5.41) is 82.5. The van der Waals surface area contributed by atoms with Gasteiger partial charge in [-0.3, -0.25) is 9.59 Å². The van der Waals surface area contributed by atoms with E-state index in [0.717, 1.165) is 57.8 Å². The summed E-state index contributed by atoms with van der Waals surface area (Å²) in [4.78, 5) is 24.3. The van der Waals surface area contributed by atoms with Crippen molar-refractivity contribution in [2.24, 2.45) is 0 Å². The molecule has 0 aromatic carbocycles. The third kappa shape index (κ3) is 11.6. The molecule has 0 spiro atoms. The van der Waals surface area contributed by atoms with Crippen LogP contribution in [0.4, 0.5) is 0 Å². The summed E-state index contributed by atoms with van der Waals surface area (Å²) in [7, 11) is 0. The first-order valence-electron chi connectivity index (χ1n) is 14.8. The zero-order chi connectivity index (χ0) is 30.4. The highest BCUT2D eigenvalue weighted by molar-refractivity contribution is 5.76. The molecule has 2 aliphatic rings. The number of hydrogen-bond donors (Lipinski definition) is 10. The predicted molar refractivity (Wildman–Crippen MR) is 144 cm³/mol. The van der Waals surface area contributed by atoms with Gasteiger partial charge in [-0.25, -0.2) is 0 Å². The number of ether oxygens (including phenoxy) is 2. The highest BCUT2D eigenvalue weighted by Crippen LogP contribution is 2.21. The lowest BCUT2D eigenvalue weighted by molar-refractivity contribution is -0.236. The van der Waals surface area contributed by atoms with Crippen molar-refractivity contribution in [1.29, 1.82) is 0 Å². The summed E-state index contributed by atoms with van der Waals surface area (Å²) in [6.07, 6.45) is -2.41. The molecule has 0 aromatic heterocycles. The molecule has 41 heavy (non-hydrogen) atoms. The fourth-order valence-corrected chi connectivity index (χ4v) is 5.07. The SMILES string of the molecule is O=C(CCCCCCCCCCCCCC(=O)N[C@@H]1O[C@H](CO)[C@@H](O)[C@H](O)[C@H]1O)N[C@@H]1O[C@H](CO)[C@@H](O)[C@H](O)[C@H]1O. The molecule has 240 valence electrons. The average molecular weight is 595 g/mol. The maximum atomic E-state index is 12.1. The van der Waals surface area contributed by atoms with E-state index in [9.17, 15) is 50.4 Å². The number of unbranched alkanes of at least 4 members (excludes halogenated alkanes) is 10. The minimum atomic E-state index is -1.52. The van der Waals surface area contributed by atoms with E-state index in [1.54, 1.807) is 0 Å². The Hall–Kier alpha value is -1.46. The topological polar surface area (TPSA) is 238 Å². The van der Waals surface area contributed by atoms with Gasteiger partial charge in [-0.15, -0.1) is 0 Å². The van der Waals surface area contributed by atoms with Gasteiger partial charge >= 0.3 is 0 Å². The van der Waals surface area contributed by atoms with Crippen molar-refractivity contribution < 1.29 is 59.9 Å². The quantitative estimate of drug-likeness (QED) is 0.0767. The van der Waals surface area contributed by atoms with Crippen LogP contribution in [0.5, 0.6) is 0 Å². The maximum absolute atomic E-state index is 12.1. The monoisotopic (exact) mass is 594 g/mol. The number of carbonyl (C=O) groups excluding carboxylic acids is 2. The minimum absolute atomic E-state index is 0.246.